The van der Waals surface area contributed by atoms with Gasteiger partial charge in [-0.05, 0) is 36.8 Å². The molecule has 0 saturated carbocycles. The molecule has 21 heavy (non-hydrogen) atoms. The van der Waals surface area contributed by atoms with Crippen LogP contribution in [0, 0.1) is 6.92 Å². The highest BCUT2D eigenvalue weighted by atomic mass is 35.5. The van der Waals surface area contributed by atoms with Gasteiger partial charge in [0.05, 0.1) is 23.5 Å². The van der Waals surface area contributed by atoms with E-state index in [1.165, 1.54) is 13.2 Å². The summed E-state index contributed by atoms with van der Waals surface area (Å²) in [5.41, 5.74) is 7.83. The molecule has 2 aromatic carbocycles. The Bertz CT molecular complexity index is 702. The molecule has 110 valence electrons. The SMILES string of the molecule is COc1cc(Cl)c(C)cc1NC(=O)c1ccc(N)c(Cl)c1. The van der Waals surface area contributed by atoms with E-state index in [0.29, 0.717) is 32.7 Å². The molecule has 0 aliphatic carbocycles. The number of hydrogen-bond donors (Lipinski definition) is 2. The van der Waals surface area contributed by atoms with E-state index >= 15 is 0 Å². The van der Waals surface area contributed by atoms with Gasteiger partial charge in [-0.3, -0.25) is 4.79 Å². The highest BCUT2D eigenvalue weighted by molar-refractivity contribution is 6.33. The van der Waals surface area contributed by atoms with Gasteiger partial charge in [-0.25, -0.2) is 0 Å². The minimum Gasteiger partial charge on any atom is -0.495 e. The van der Waals surface area contributed by atoms with Crippen molar-refractivity contribution in [3.63, 3.8) is 0 Å². The first kappa shape index (κ1) is 15.5. The number of amides is 1. The van der Waals surface area contributed by atoms with E-state index in [0.717, 1.165) is 5.56 Å². The van der Waals surface area contributed by atoms with Crippen molar-refractivity contribution in [2.75, 3.05) is 18.2 Å². The van der Waals surface area contributed by atoms with Gasteiger partial charge in [0.1, 0.15) is 5.75 Å². The fourth-order valence-corrected chi connectivity index (χ4v) is 2.13. The van der Waals surface area contributed by atoms with Gasteiger partial charge < -0.3 is 15.8 Å². The third-order valence-electron chi connectivity index (χ3n) is 2.99. The molecule has 6 heteroatoms. The molecule has 0 spiro atoms. The summed E-state index contributed by atoms with van der Waals surface area (Å²) in [4.78, 5) is 12.2. The average molecular weight is 325 g/mol. The Morgan fingerprint density at radius 2 is 1.90 bits per heavy atom. The highest BCUT2D eigenvalue weighted by Crippen LogP contribution is 2.31. The molecular formula is C15H14Cl2N2O2. The number of hydrogen-bond acceptors (Lipinski definition) is 3. The molecule has 0 aromatic heterocycles. The molecule has 2 aromatic rings. The number of nitrogen functional groups attached to an aromatic ring is 1. The number of nitrogens with one attached hydrogen (secondary N) is 1. The average Bonchev–Trinajstić information content (AvgIpc) is 2.45. The third-order valence-corrected chi connectivity index (χ3v) is 3.73. The lowest BCUT2D eigenvalue weighted by atomic mass is 10.1. The number of methoxy groups -OCH3 is 1. The second-order valence-electron chi connectivity index (χ2n) is 4.49. The van der Waals surface area contributed by atoms with Gasteiger partial charge in [0, 0.05) is 16.7 Å². The van der Waals surface area contributed by atoms with Gasteiger partial charge in [-0.15, -0.1) is 0 Å². The van der Waals surface area contributed by atoms with Crippen LogP contribution in [0.3, 0.4) is 0 Å². The maximum Gasteiger partial charge on any atom is 0.255 e. The fraction of sp³-hybridized carbons (Fsp3) is 0.133. The molecule has 0 aliphatic heterocycles. The van der Waals surface area contributed by atoms with Crippen LogP contribution in [0.4, 0.5) is 11.4 Å². The van der Waals surface area contributed by atoms with Crippen LogP contribution >= 0.6 is 23.2 Å². The van der Waals surface area contributed by atoms with Gasteiger partial charge in [-0.2, -0.15) is 0 Å². The van der Waals surface area contributed by atoms with E-state index in [1.54, 1.807) is 24.3 Å². The number of benzene rings is 2. The number of carbonyl (C=O) groups is 1. The number of ether oxygens (including phenoxy) is 1. The first-order valence-corrected chi connectivity index (χ1v) is 6.88. The maximum absolute atomic E-state index is 12.2. The summed E-state index contributed by atoms with van der Waals surface area (Å²) in [6.45, 7) is 1.84. The zero-order chi connectivity index (χ0) is 15.6. The number of anilines is 2. The van der Waals surface area contributed by atoms with Gasteiger partial charge >= 0.3 is 0 Å². The molecule has 2 rings (SSSR count). The first-order valence-electron chi connectivity index (χ1n) is 6.13. The van der Waals surface area contributed by atoms with Crippen LogP contribution in [0.5, 0.6) is 5.75 Å². The summed E-state index contributed by atoms with van der Waals surface area (Å²) < 4.78 is 5.22. The minimum absolute atomic E-state index is 0.308. The van der Waals surface area contributed by atoms with E-state index in [-0.39, 0.29) is 5.91 Å². The number of aryl methyl sites for hydroxylation is 1. The number of rotatable bonds is 3. The second-order valence-corrected chi connectivity index (χ2v) is 5.31. The van der Waals surface area contributed by atoms with Crippen molar-refractivity contribution < 1.29 is 9.53 Å². The van der Waals surface area contributed by atoms with Gasteiger partial charge in [-0.1, -0.05) is 23.2 Å². The van der Waals surface area contributed by atoms with Crippen molar-refractivity contribution in [3.8, 4) is 5.75 Å². The van der Waals surface area contributed by atoms with Crippen LogP contribution < -0.4 is 15.8 Å². The van der Waals surface area contributed by atoms with E-state index in [1.807, 2.05) is 6.92 Å². The molecule has 0 heterocycles. The Labute approximate surface area is 132 Å². The van der Waals surface area contributed by atoms with Gasteiger partial charge in [0.15, 0.2) is 0 Å². The van der Waals surface area contributed by atoms with E-state index < -0.39 is 0 Å². The molecule has 0 atom stereocenters. The quantitative estimate of drug-likeness (QED) is 0.834. The van der Waals surface area contributed by atoms with Crippen LogP contribution in [0.25, 0.3) is 0 Å². The van der Waals surface area contributed by atoms with Crippen molar-refractivity contribution in [1.82, 2.24) is 0 Å². The smallest absolute Gasteiger partial charge is 0.255 e. The monoisotopic (exact) mass is 324 g/mol. The van der Waals surface area contributed by atoms with Crippen molar-refractivity contribution >= 4 is 40.5 Å². The van der Waals surface area contributed by atoms with Crippen LogP contribution in [0.15, 0.2) is 30.3 Å². The second kappa shape index (κ2) is 6.24. The summed E-state index contributed by atoms with van der Waals surface area (Å²) in [6.07, 6.45) is 0. The Morgan fingerprint density at radius 1 is 1.19 bits per heavy atom. The fourth-order valence-electron chi connectivity index (χ4n) is 1.79. The summed E-state index contributed by atoms with van der Waals surface area (Å²) in [5, 5.41) is 3.68. The lowest BCUT2D eigenvalue weighted by Gasteiger charge is -2.12. The lowest BCUT2D eigenvalue weighted by molar-refractivity contribution is 0.102. The summed E-state index contributed by atoms with van der Waals surface area (Å²) in [7, 11) is 1.51. The molecule has 0 aliphatic rings. The number of halogens is 2. The Morgan fingerprint density at radius 3 is 2.52 bits per heavy atom. The van der Waals surface area contributed by atoms with Crippen LogP contribution in [0.2, 0.25) is 10.0 Å². The van der Waals surface area contributed by atoms with Gasteiger partial charge in [0.25, 0.3) is 5.91 Å². The van der Waals surface area contributed by atoms with Crippen LogP contribution in [0.1, 0.15) is 15.9 Å². The minimum atomic E-state index is -0.308. The highest BCUT2D eigenvalue weighted by Gasteiger charge is 2.12. The summed E-state index contributed by atoms with van der Waals surface area (Å²) >= 11 is 12.0. The van der Waals surface area contributed by atoms with E-state index in [4.69, 9.17) is 33.7 Å². The maximum atomic E-state index is 12.2. The Balaban J connectivity index is 2.31. The van der Waals surface area contributed by atoms with Crippen molar-refractivity contribution in [3.05, 3.63) is 51.5 Å². The number of carbonyl (C=O) groups excluding carboxylic acids is 1. The Kier molecular flexibility index (Phi) is 4.60. The molecule has 1 amide bonds. The van der Waals surface area contributed by atoms with Crippen molar-refractivity contribution in [2.45, 2.75) is 6.92 Å². The molecule has 0 saturated heterocycles. The molecular weight excluding hydrogens is 311 g/mol. The largest absolute Gasteiger partial charge is 0.495 e. The summed E-state index contributed by atoms with van der Waals surface area (Å²) in [6, 6.07) is 8.11. The van der Waals surface area contributed by atoms with Crippen LogP contribution in [-0.2, 0) is 0 Å². The third kappa shape index (κ3) is 3.40. The standard InChI is InChI=1S/C15H14Cl2N2O2/c1-8-5-13(14(21-2)7-10(8)16)19-15(20)9-3-4-12(18)11(17)6-9/h3-7H,18H2,1-2H3,(H,19,20). The van der Waals surface area contributed by atoms with E-state index in [2.05, 4.69) is 5.32 Å². The topological polar surface area (TPSA) is 64.3 Å². The van der Waals surface area contributed by atoms with Gasteiger partial charge in [0.2, 0.25) is 0 Å². The molecule has 0 radical (unpaired) electrons. The zero-order valence-electron chi connectivity index (χ0n) is 11.5. The normalized spacial score (nSPS) is 10.3. The summed E-state index contributed by atoms with van der Waals surface area (Å²) in [5.74, 6) is 0.178. The predicted octanol–water partition coefficient (Wildman–Crippen LogP) is 4.14. The van der Waals surface area contributed by atoms with Crippen molar-refractivity contribution in [2.24, 2.45) is 0 Å². The Hall–Kier alpha value is -1.91. The molecule has 4 nitrogen and oxygen atoms in total. The molecule has 3 N–H and O–H groups in total. The van der Waals surface area contributed by atoms with Crippen LogP contribution in [-0.4, -0.2) is 13.0 Å². The van der Waals surface area contributed by atoms with E-state index in [9.17, 15) is 4.79 Å². The molecule has 0 unspecified atom stereocenters. The molecule has 0 bridgehead atoms. The molecule has 0 fully saturated rings. The number of nitrogens with two attached hydrogens (primary N) is 1. The predicted molar refractivity (Wildman–Crippen MR) is 86.6 cm³/mol. The van der Waals surface area contributed by atoms with Crippen molar-refractivity contribution in [1.29, 1.82) is 0 Å². The lowest BCUT2D eigenvalue weighted by Crippen LogP contribution is -2.13. The zero-order valence-corrected chi connectivity index (χ0v) is 13.0. The first-order chi connectivity index (χ1) is 9.92.